The van der Waals surface area contributed by atoms with Gasteiger partial charge in [0, 0.05) is 63.3 Å². The van der Waals surface area contributed by atoms with E-state index in [1.54, 1.807) is 31.4 Å². The number of hydrogen-bond acceptors (Lipinski definition) is 6. The smallest absolute Gasteiger partial charge is 0.269 e. The van der Waals surface area contributed by atoms with Gasteiger partial charge < -0.3 is 20.9 Å². The number of nitrogens with zero attached hydrogens (tertiary/aromatic N) is 4. The lowest BCUT2D eigenvalue weighted by molar-refractivity contribution is -0.384. The van der Waals surface area contributed by atoms with Crippen molar-refractivity contribution < 1.29 is 9.31 Å². The fourth-order valence-electron chi connectivity index (χ4n) is 3.16. The van der Waals surface area contributed by atoms with Crippen LogP contribution in [0, 0.1) is 15.9 Å². The molecule has 30 heavy (non-hydrogen) atoms. The van der Waals surface area contributed by atoms with Crippen molar-refractivity contribution in [2.24, 2.45) is 4.99 Å². The Morgan fingerprint density at radius 1 is 1.33 bits per heavy atom. The number of benzene rings is 1. The molecular formula is C19H25FIN7O2. The summed E-state index contributed by atoms with van der Waals surface area (Å²) in [4.78, 5) is 20.5. The molecule has 0 amide bonds. The van der Waals surface area contributed by atoms with E-state index >= 15 is 0 Å². The van der Waals surface area contributed by atoms with E-state index in [-0.39, 0.29) is 41.5 Å². The number of nitrogens with one attached hydrogen (secondary N) is 3. The summed E-state index contributed by atoms with van der Waals surface area (Å²) in [6.07, 6.45) is 2.45. The third kappa shape index (κ3) is 6.40. The van der Waals surface area contributed by atoms with E-state index in [0.717, 1.165) is 18.7 Å². The van der Waals surface area contributed by atoms with E-state index in [0.29, 0.717) is 31.4 Å². The molecular weight excluding hydrogens is 504 g/mol. The van der Waals surface area contributed by atoms with Crippen molar-refractivity contribution in [3.05, 3.63) is 58.5 Å². The Morgan fingerprint density at radius 3 is 2.77 bits per heavy atom. The molecule has 162 valence electrons. The lowest BCUT2D eigenvalue weighted by atomic mass is 10.3. The zero-order chi connectivity index (χ0) is 20.6. The lowest BCUT2D eigenvalue weighted by Gasteiger charge is -2.20. The molecule has 1 fully saturated rings. The first kappa shape index (κ1) is 23.6. The quantitative estimate of drug-likeness (QED) is 0.126. The van der Waals surface area contributed by atoms with Gasteiger partial charge in [-0.15, -0.1) is 24.0 Å². The highest BCUT2D eigenvalue weighted by Gasteiger charge is 2.25. The van der Waals surface area contributed by atoms with E-state index in [2.05, 4.69) is 25.9 Å². The van der Waals surface area contributed by atoms with Crippen molar-refractivity contribution in [1.29, 1.82) is 0 Å². The van der Waals surface area contributed by atoms with Gasteiger partial charge in [-0.3, -0.25) is 15.1 Å². The Hall–Kier alpha value is -2.70. The number of pyridine rings is 1. The number of hydrogen-bond donors (Lipinski definition) is 3. The number of nitro groups is 1. The van der Waals surface area contributed by atoms with Crippen LogP contribution >= 0.6 is 24.0 Å². The van der Waals surface area contributed by atoms with Gasteiger partial charge >= 0.3 is 0 Å². The Balaban J connectivity index is 0.00000320. The van der Waals surface area contributed by atoms with Crippen molar-refractivity contribution >= 4 is 47.1 Å². The molecule has 0 saturated carbocycles. The molecule has 2 aromatic rings. The van der Waals surface area contributed by atoms with Crippen LogP contribution in [0.4, 0.5) is 21.6 Å². The zero-order valence-corrected chi connectivity index (χ0v) is 18.9. The molecule has 0 aliphatic carbocycles. The summed E-state index contributed by atoms with van der Waals surface area (Å²) in [6, 6.07) is 9.43. The maximum atomic E-state index is 13.9. The van der Waals surface area contributed by atoms with Gasteiger partial charge in [0.05, 0.1) is 4.92 Å². The Morgan fingerprint density at radius 2 is 2.10 bits per heavy atom. The summed E-state index contributed by atoms with van der Waals surface area (Å²) in [5.41, 5.74) is 0.874. The number of guanidine groups is 1. The fraction of sp³-hybridized carbons (Fsp3) is 0.368. The highest BCUT2D eigenvalue weighted by atomic mass is 127. The third-order valence-corrected chi connectivity index (χ3v) is 4.62. The molecule has 3 N–H and O–H groups in total. The van der Waals surface area contributed by atoms with Crippen LogP contribution in [0.3, 0.4) is 0 Å². The summed E-state index contributed by atoms with van der Waals surface area (Å²) in [6.45, 7) is 2.61. The predicted octanol–water partition coefficient (Wildman–Crippen LogP) is 2.60. The molecule has 1 aliphatic rings. The van der Waals surface area contributed by atoms with Crippen LogP contribution < -0.4 is 20.9 Å². The van der Waals surface area contributed by atoms with Crippen LogP contribution in [0.25, 0.3) is 0 Å². The molecule has 1 saturated heterocycles. The monoisotopic (exact) mass is 529 g/mol. The molecule has 3 rings (SSSR count). The third-order valence-electron chi connectivity index (χ3n) is 4.62. The second-order valence-corrected chi connectivity index (χ2v) is 6.61. The standard InChI is InChI=1S/C19H24FN7O2.HI/c1-21-19(24-11-10-22-14-4-6-16(7-5-14)27(28)29)25-15-8-12-26(13-15)18-17(20)3-2-9-23-18;/h2-7,9,15,22H,8,10-13H2,1H3,(H2,21,24,25);1H. The first-order valence-corrected chi connectivity index (χ1v) is 9.38. The minimum Gasteiger partial charge on any atom is -0.383 e. The van der Waals surface area contributed by atoms with E-state index in [1.165, 1.54) is 18.2 Å². The topological polar surface area (TPSA) is 108 Å². The van der Waals surface area contributed by atoms with Crippen LogP contribution in [0.5, 0.6) is 0 Å². The summed E-state index contributed by atoms with van der Waals surface area (Å²) >= 11 is 0. The summed E-state index contributed by atoms with van der Waals surface area (Å²) < 4.78 is 13.9. The van der Waals surface area contributed by atoms with Gasteiger partial charge in [-0.2, -0.15) is 0 Å². The molecule has 1 aliphatic heterocycles. The summed E-state index contributed by atoms with van der Waals surface area (Å²) in [7, 11) is 1.70. The molecule has 1 unspecified atom stereocenters. The number of rotatable bonds is 7. The largest absolute Gasteiger partial charge is 0.383 e. The van der Waals surface area contributed by atoms with E-state index in [1.807, 2.05) is 4.90 Å². The number of anilines is 2. The van der Waals surface area contributed by atoms with E-state index in [4.69, 9.17) is 0 Å². The SMILES string of the molecule is CN=C(NCCNc1ccc([N+](=O)[O-])cc1)NC1CCN(c2ncccc2F)C1.I. The zero-order valence-electron chi connectivity index (χ0n) is 16.5. The number of halogens is 2. The highest BCUT2D eigenvalue weighted by Crippen LogP contribution is 2.20. The van der Waals surface area contributed by atoms with Crippen LogP contribution in [0.1, 0.15) is 6.42 Å². The number of aliphatic imine (C=N–C) groups is 1. The van der Waals surface area contributed by atoms with Gasteiger partial charge in [0.1, 0.15) is 0 Å². The van der Waals surface area contributed by atoms with Gasteiger partial charge in [0.2, 0.25) is 0 Å². The van der Waals surface area contributed by atoms with Crippen molar-refractivity contribution in [1.82, 2.24) is 15.6 Å². The highest BCUT2D eigenvalue weighted by molar-refractivity contribution is 14.0. The summed E-state index contributed by atoms with van der Waals surface area (Å²) in [5.74, 6) is 0.740. The van der Waals surface area contributed by atoms with Gasteiger partial charge in [-0.25, -0.2) is 9.37 Å². The molecule has 11 heteroatoms. The second kappa shape index (κ2) is 11.5. The summed E-state index contributed by atoms with van der Waals surface area (Å²) in [5, 5.41) is 20.4. The Bertz CT molecular complexity index is 866. The van der Waals surface area contributed by atoms with Crippen molar-refractivity contribution in [3.8, 4) is 0 Å². The average Bonchev–Trinajstić information content (AvgIpc) is 3.19. The van der Waals surface area contributed by atoms with Crippen LogP contribution in [0.15, 0.2) is 47.6 Å². The Labute approximate surface area is 191 Å². The normalized spacial score (nSPS) is 16.0. The van der Waals surface area contributed by atoms with Crippen LogP contribution in [-0.2, 0) is 0 Å². The van der Waals surface area contributed by atoms with Gasteiger partial charge in [0.15, 0.2) is 17.6 Å². The minimum atomic E-state index is -0.423. The van der Waals surface area contributed by atoms with Gasteiger partial charge in [-0.1, -0.05) is 0 Å². The average molecular weight is 529 g/mol. The Kier molecular flexibility index (Phi) is 9.02. The first-order valence-electron chi connectivity index (χ1n) is 9.38. The molecule has 0 radical (unpaired) electrons. The van der Waals surface area contributed by atoms with Crippen molar-refractivity contribution in [2.75, 3.05) is 43.4 Å². The number of non-ortho nitro benzene ring substituents is 1. The van der Waals surface area contributed by atoms with Crippen molar-refractivity contribution in [3.63, 3.8) is 0 Å². The minimum absolute atomic E-state index is 0. The molecule has 2 heterocycles. The lowest BCUT2D eigenvalue weighted by Crippen LogP contribution is -2.45. The molecule has 1 aromatic carbocycles. The molecule has 1 aromatic heterocycles. The van der Waals surface area contributed by atoms with E-state index in [9.17, 15) is 14.5 Å². The van der Waals surface area contributed by atoms with Crippen molar-refractivity contribution in [2.45, 2.75) is 12.5 Å². The predicted molar refractivity (Wildman–Crippen MR) is 126 cm³/mol. The van der Waals surface area contributed by atoms with Crippen LogP contribution in [-0.4, -0.2) is 55.1 Å². The molecule has 0 spiro atoms. The maximum Gasteiger partial charge on any atom is 0.269 e. The molecule has 1 atom stereocenters. The number of aromatic nitrogens is 1. The fourth-order valence-corrected chi connectivity index (χ4v) is 3.16. The molecule has 9 nitrogen and oxygen atoms in total. The maximum absolute atomic E-state index is 13.9. The second-order valence-electron chi connectivity index (χ2n) is 6.61. The molecule has 0 bridgehead atoms. The number of nitro benzene ring substituents is 1. The van der Waals surface area contributed by atoms with E-state index < -0.39 is 4.92 Å². The first-order chi connectivity index (χ1) is 14.1. The van der Waals surface area contributed by atoms with Crippen LogP contribution in [0.2, 0.25) is 0 Å². The van der Waals surface area contributed by atoms with Gasteiger partial charge in [0.25, 0.3) is 5.69 Å². The van der Waals surface area contributed by atoms with Gasteiger partial charge in [-0.05, 0) is 30.7 Å².